The first kappa shape index (κ1) is 22.8. The number of hydrogen-bond donors (Lipinski definition) is 1. The van der Waals surface area contributed by atoms with Crippen LogP contribution in [0.2, 0.25) is 0 Å². The van der Waals surface area contributed by atoms with E-state index in [1.54, 1.807) is 23.9 Å². The van der Waals surface area contributed by atoms with Gasteiger partial charge in [0.2, 0.25) is 11.8 Å². The second-order valence-electron chi connectivity index (χ2n) is 8.15. The van der Waals surface area contributed by atoms with E-state index in [2.05, 4.69) is 25.7 Å². The van der Waals surface area contributed by atoms with Gasteiger partial charge in [0.25, 0.3) is 5.91 Å². The van der Waals surface area contributed by atoms with E-state index in [-0.39, 0.29) is 11.9 Å². The van der Waals surface area contributed by atoms with Gasteiger partial charge < -0.3 is 9.73 Å². The molecular weight excluding hydrogens is 460 g/mol. The molecule has 0 aliphatic rings. The molecule has 1 N–H and O–H groups in total. The van der Waals surface area contributed by atoms with Crippen LogP contribution in [-0.2, 0) is 0 Å². The van der Waals surface area contributed by atoms with E-state index in [0.29, 0.717) is 23.2 Å². The first-order valence-corrected chi connectivity index (χ1v) is 12.6. The summed E-state index contributed by atoms with van der Waals surface area (Å²) >= 11 is 1.72. The number of carbonyl (C=O) groups is 1. The van der Waals surface area contributed by atoms with Crippen LogP contribution in [0.4, 0.5) is 0 Å². The number of aromatic nitrogens is 5. The van der Waals surface area contributed by atoms with Gasteiger partial charge in [0, 0.05) is 22.9 Å². The Labute approximate surface area is 206 Å². The molecule has 5 rings (SSSR count). The molecule has 8 nitrogen and oxygen atoms in total. The van der Waals surface area contributed by atoms with Crippen molar-refractivity contribution in [1.82, 2.24) is 30.1 Å². The molecule has 0 saturated carbocycles. The lowest BCUT2D eigenvalue weighted by Crippen LogP contribution is -2.30. The summed E-state index contributed by atoms with van der Waals surface area (Å²) in [6.45, 7) is 2.02. The number of nitrogens with one attached hydrogen (secondary N) is 1. The lowest BCUT2D eigenvalue weighted by Gasteiger charge is -2.17. The van der Waals surface area contributed by atoms with Gasteiger partial charge in [0.15, 0.2) is 11.5 Å². The predicted octanol–water partition coefficient (Wildman–Crippen LogP) is 4.98. The first-order valence-electron chi connectivity index (χ1n) is 11.2. The molecule has 3 heterocycles. The molecule has 0 aliphatic heterocycles. The number of benzene rings is 2. The Bertz CT molecular complexity index is 1460. The zero-order chi connectivity index (χ0) is 24.2. The summed E-state index contributed by atoms with van der Waals surface area (Å²) in [6.07, 6.45) is 4.69. The highest BCUT2D eigenvalue weighted by Gasteiger charge is 2.21. The predicted molar refractivity (Wildman–Crippen MR) is 136 cm³/mol. The maximum Gasteiger partial charge on any atom is 0.251 e. The SMILES string of the molecule is CSCCC(NC(=O)c1ccc(-c2nnc(-c3cccc(C)c3)o2)cc1)c1nnc2ccccn12. The van der Waals surface area contributed by atoms with Crippen molar-refractivity contribution in [3.8, 4) is 22.9 Å². The smallest absolute Gasteiger partial charge is 0.251 e. The molecule has 3 aromatic heterocycles. The van der Waals surface area contributed by atoms with Crippen LogP contribution in [-0.4, -0.2) is 42.7 Å². The number of fused-ring (bicyclic) bond motifs is 1. The summed E-state index contributed by atoms with van der Waals surface area (Å²) in [4.78, 5) is 13.1. The molecule has 0 aliphatic carbocycles. The molecule has 1 atom stereocenters. The molecule has 1 unspecified atom stereocenters. The lowest BCUT2D eigenvalue weighted by molar-refractivity contribution is 0.0934. The maximum absolute atomic E-state index is 13.1. The van der Waals surface area contributed by atoms with E-state index < -0.39 is 0 Å². The van der Waals surface area contributed by atoms with E-state index in [1.807, 2.05) is 78.4 Å². The molecular formula is C26H24N6O2S. The second-order valence-corrected chi connectivity index (χ2v) is 9.14. The largest absolute Gasteiger partial charge is 0.416 e. The average molecular weight is 485 g/mol. The fourth-order valence-corrected chi connectivity index (χ4v) is 4.31. The Morgan fingerprint density at radius 2 is 1.77 bits per heavy atom. The highest BCUT2D eigenvalue weighted by atomic mass is 32.2. The molecule has 1 amide bonds. The van der Waals surface area contributed by atoms with Gasteiger partial charge in [-0.1, -0.05) is 23.8 Å². The van der Waals surface area contributed by atoms with Crippen LogP contribution in [0.5, 0.6) is 0 Å². The molecule has 0 saturated heterocycles. The van der Waals surface area contributed by atoms with Crippen LogP contribution in [0.3, 0.4) is 0 Å². The first-order chi connectivity index (χ1) is 17.1. The second kappa shape index (κ2) is 10.1. The van der Waals surface area contributed by atoms with E-state index in [9.17, 15) is 4.79 Å². The molecule has 0 spiro atoms. The fraction of sp³-hybridized carbons (Fsp3) is 0.192. The van der Waals surface area contributed by atoms with Gasteiger partial charge in [-0.05, 0) is 73.9 Å². The van der Waals surface area contributed by atoms with Crippen LogP contribution >= 0.6 is 11.8 Å². The molecule has 35 heavy (non-hydrogen) atoms. The molecule has 0 bridgehead atoms. The van der Waals surface area contributed by atoms with Gasteiger partial charge in [-0.25, -0.2) is 0 Å². The van der Waals surface area contributed by atoms with Crippen molar-refractivity contribution < 1.29 is 9.21 Å². The highest BCUT2D eigenvalue weighted by Crippen LogP contribution is 2.25. The number of hydrogen-bond acceptors (Lipinski definition) is 7. The van der Waals surface area contributed by atoms with Crippen molar-refractivity contribution in [2.75, 3.05) is 12.0 Å². The van der Waals surface area contributed by atoms with Crippen molar-refractivity contribution in [2.45, 2.75) is 19.4 Å². The van der Waals surface area contributed by atoms with E-state index in [0.717, 1.165) is 34.5 Å². The normalized spacial score (nSPS) is 12.1. The van der Waals surface area contributed by atoms with Crippen molar-refractivity contribution >= 4 is 23.3 Å². The summed E-state index contributed by atoms with van der Waals surface area (Å²) in [5.74, 6) is 2.28. The van der Waals surface area contributed by atoms with Crippen molar-refractivity contribution in [3.63, 3.8) is 0 Å². The zero-order valence-electron chi connectivity index (χ0n) is 19.4. The lowest BCUT2D eigenvalue weighted by atomic mass is 10.1. The maximum atomic E-state index is 13.1. The number of thioether (sulfide) groups is 1. The summed E-state index contributed by atoms with van der Waals surface area (Å²) in [5, 5.41) is 20.0. The third-order valence-electron chi connectivity index (χ3n) is 5.65. The zero-order valence-corrected chi connectivity index (χ0v) is 20.2. The number of nitrogens with zero attached hydrogens (tertiary/aromatic N) is 5. The van der Waals surface area contributed by atoms with Crippen molar-refractivity contribution in [1.29, 1.82) is 0 Å². The molecule has 0 fully saturated rings. The third-order valence-corrected chi connectivity index (χ3v) is 6.30. The summed E-state index contributed by atoms with van der Waals surface area (Å²) in [5.41, 5.74) is 4.02. The van der Waals surface area contributed by atoms with E-state index in [1.165, 1.54) is 0 Å². The molecule has 176 valence electrons. The number of amides is 1. The van der Waals surface area contributed by atoms with Gasteiger partial charge in [0.05, 0.1) is 6.04 Å². The van der Waals surface area contributed by atoms with E-state index in [4.69, 9.17) is 4.42 Å². The summed E-state index contributed by atoms with van der Waals surface area (Å²) in [7, 11) is 0. The van der Waals surface area contributed by atoms with E-state index >= 15 is 0 Å². The van der Waals surface area contributed by atoms with Gasteiger partial charge >= 0.3 is 0 Å². The molecule has 9 heteroatoms. The van der Waals surface area contributed by atoms with Gasteiger partial charge in [-0.2, -0.15) is 11.8 Å². The molecule has 5 aromatic rings. The van der Waals surface area contributed by atoms with Gasteiger partial charge in [0.1, 0.15) is 0 Å². The van der Waals surface area contributed by atoms with Crippen molar-refractivity contribution in [2.24, 2.45) is 0 Å². The standard InChI is InChI=1S/C26H24N6O2S/c1-17-6-5-7-20(16-17)26-31-30-25(34-26)19-11-9-18(10-12-19)24(33)27-21(13-15-35-2)23-29-28-22-8-3-4-14-32(22)23/h3-12,14,16,21H,13,15H2,1-2H3,(H,27,33). The van der Waals surface area contributed by atoms with Crippen LogP contribution < -0.4 is 5.32 Å². The summed E-state index contributed by atoms with van der Waals surface area (Å²) in [6, 6.07) is 20.5. The van der Waals surface area contributed by atoms with Crippen LogP contribution in [0.25, 0.3) is 28.6 Å². The minimum Gasteiger partial charge on any atom is -0.416 e. The van der Waals surface area contributed by atoms with Gasteiger partial charge in [-0.15, -0.1) is 20.4 Å². The topological polar surface area (TPSA) is 98.2 Å². The monoisotopic (exact) mass is 484 g/mol. The number of aryl methyl sites for hydroxylation is 1. The average Bonchev–Trinajstić information content (AvgIpc) is 3.55. The minimum absolute atomic E-state index is 0.179. The van der Waals surface area contributed by atoms with Crippen LogP contribution in [0.15, 0.2) is 77.3 Å². The van der Waals surface area contributed by atoms with Gasteiger partial charge in [-0.3, -0.25) is 9.20 Å². The third kappa shape index (κ3) is 4.95. The number of pyridine rings is 1. The Kier molecular flexibility index (Phi) is 6.58. The Balaban J connectivity index is 1.33. The Morgan fingerprint density at radius 3 is 2.54 bits per heavy atom. The minimum atomic E-state index is -0.264. The quantitative estimate of drug-likeness (QED) is 0.332. The number of rotatable bonds is 8. The van der Waals surface area contributed by atoms with Crippen molar-refractivity contribution in [3.05, 3.63) is 89.9 Å². The van der Waals surface area contributed by atoms with Crippen LogP contribution in [0, 0.1) is 6.92 Å². The van der Waals surface area contributed by atoms with Crippen LogP contribution in [0.1, 0.15) is 34.2 Å². The highest BCUT2D eigenvalue weighted by molar-refractivity contribution is 7.98. The Morgan fingerprint density at radius 1 is 0.971 bits per heavy atom. The Hall–Kier alpha value is -3.98. The summed E-state index contributed by atoms with van der Waals surface area (Å²) < 4.78 is 7.78. The fourth-order valence-electron chi connectivity index (χ4n) is 3.84. The molecule has 2 aromatic carbocycles. The molecule has 0 radical (unpaired) electrons. The number of carbonyl (C=O) groups excluding carboxylic acids is 1.